The maximum atomic E-state index is 13.6. The Balaban J connectivity index is 1.60. The van der Waals surface area contributed by atoms with Gasteiger partial charge in [0.2, 0.25) is 11.8 Å². The summed E-state index contributed by atoms with van der Waals surface area (Å²) in [7, 11) is 0. The number of nitrogens with one attached hydrogen (secondary N) is 1. The van der Waals surface area contributed by atoms with Gasteiger partial charge in [-0.25, -0.2) is 4.98 Å². The molecule has 6 bridgehead atoms. The molecule has 0 saturated carbocycles. The lowest BCUT2D eigenvalue weighted by Gasteiger charge is -2.27. The zero-order valence-corrected chi connectivity index (χ0v) is 24.4. The molecule has 2 aliphatic rings. The van der Waals surface area contributed by atoms with Crippen molar-refractivity contribution in [1.29, 1.82) is 0 Å². The Morgan fingerprint density at radius 3 is 2.52 bits per heavy atom. The lowest BCUT2D eigenvalue weighted by atomic mass is 9.91. The molecule has 2 atom stereocenters. The van der Waals surface area contributed by atoms with Gasteiger partial charge in [-0.05, 0) is 42.5 Å². The number of amides is 2. The number of nitrogens with zero attached hydrogens (tertiary/aromatic N) is 4. The number of ether oxygens (including phenoxy) is 1. The maximum Gasteiger partial charge on any atom is 0.269 e. The van der Waals surface area contributed by atoms with Crippen LogP contribution in [0, 0.1) is 19.3 Å². The first-order valence-corrected chi connectivity index (χ1v) is 14.6. The third kappa shape index (κ3) is 6.23. The molecular formula is C30H35N5O4S. The zero-order chi connectivity index (χ0) is 28.6. The van der Waals surface area contributed by atoms with Crippen LogP contribution in [-0.4, -0.2) is 68.4 Å². The predicted molar refractivity (Wildman–Crippen MR) is 154 cm³/mol. The highest BCUT2D eigenvalue weighted by Crippen LogP contribution is 2.30. The van der Waals surface area contributed by atoms with E-state index < -0.39 is 17.5 Å². The smallest absolute Gasteiger partial charge is 0.269 e. The molecular weight excluding hydrogens is 526 g/mol. The van der Waals surface area contributed by atoms with Crippen LogP contribution in [0.2, 0.25) is 0 Å². The van der Waals surface area contributed by atoms with E-state index in [1.807, 2.05) is 52.8 Å². The molecule has 0 radical (unpaired) electrons. The highest BCUT2D eigenvalue weighted by atomic mass is 32.2. The number of carbonyl (C=O) groups excluding carboxylic acids is 2. The van der Waals surface area contributed by atoms with E-state index in [9.17, 15) is 14.1 Å². The molecule has 40 heavy (non-hydrogen) atoms. The zero-order valence-electron chi connectivity index (χ0n) is 23.6. The van der Waals surface area contributed by atoms with Gasteiger partial charge >= 0.3 is 0 Å². The van der Waals surface area contributed by atoms with Crippen LogP contribution in [0.15, 0.2) is 53.4 Å². The number of anilines is 1. The molecule has 1 aromatic heterocycles. The molecule has 210 valence electrons. The predicted octanol–water partition coefficient (Wildman–Crippen LogP) is 4.38. The summed E-state index contributed by atoms with van der Waals surface area (Å²) < 4.78 is 22.6. The molecule has 1 fully saturated rings. The van der Waals surface area contributed by atoms with E-state index in [2.05, 4.69) is 9.71 Å². The third-order valence-corrected chi connectivity index (χ3v) is 8.07. The molecule has 3 aromatic rings. The second-order valence-corrected chi connectivity index (χ2v) is 12.9. The molecule has 2 aliphatic heterocycles. The van der Waals surface area contributed by atoms with E-state index in [1.54, 1.807) is 40.1 Å². The summed E-state index contributed by atoms with van der Waals surface area (Å²) in [5, 5.41) is 0. The van der Waals surface area contributed by atoms with E-state index in [0.717, 1.165) is 16.7 Å². The fourth-order valence-electron chi connectivity index (χ4n) is 5.14. The Hall–Kier alpha value is -3.63. The van der Waals surface area contributed by atoms with Crippen molar-refractivity contribution < 1.29 is 18.9 Å². The van der Waals surface area contributed by atoms with E-state index in [4.69, 9.17) is 9.72 Å². The van der Waals surface area contributed by atoms with Crippen LogP contribution in [0.25, 0.3) is 11.3 Å². The van der Waals surface area contributed by atoms with Gasteiger partial charge in [-0.1, -0.05) is 45.0 Å². The molecule has 5 rings (SSSR count). The normalized spacial score (nSPS) is 19.4. The number of hydrogen-bond acceptors (Lipinski definition) is 7. The topological polar surface area (TPSA) is 111 Å². The molecule has 1 N–H and O–H groups in total. The van der Waals surface area contributed by atoms with Crippen LogP contribution >= 0.6 is 0 Å². The van der Waals surface area contributed by atoms with Crippen LogP contribution < -0.4 is 9.46 Å². The lowest BCUT2D eigenvalue weighted by molar-refractivity contribution is -0.133. The average Bonchev–Trinajstić information content (AvgIpc) is 3.09. The summed E-state index contributed by atoms with van der Waals surface area (Å²) in [5.74, 6) is 0.247. The molecule has 3 heterocycles. The van der Waals surface area contributed by atoms with Gasteiger partial charge in [-0.15, -0.1) is 0 Å². The van der Waals surface area contributed by atoms with Crippen LogP contribution in [0.1, 0.15) is 48.7 Å². The van der Waals surface area contributed by atoms with Gasteiger partial charge in [0.05, 0.1) is 18.8 Å². The van der Waals surface area contributed by atoms with E-state index in [1.165, 1.54) is 0 Å². The average molecular weight is 562 g/mol. The summed E-state index contributed by atoms with van der Waals surface area (Å²) in [6.45, 7) is 11.5. The maximum absolute atomic E-state index is 13.6. The van der Waals surface area contributed by atoms with Crippen LogP contribution in [0.3, 0.4) is 0 Å². The highest BCUT2D eigenvalue weighted by molar-refractivity contribution is 7.92. The molecule has 1 unspecified atom stereocenters. The fraction of sp³-hybridized carbons (Fsp3) is 0.400. The summed E-state index contributed by atoms with van der Waals surface area (Å²) in [6, 6.07) is 14.5. The number of carbonyl (C=O) groups is 2. The van der Waals surface area contributed by atoms with E-state index in [-0.39, 0.29) is 35.6 Å². The minimum absolute atomic E-state index is 0.0233. The Morgan fingerprint density at radius 1 is 1.07 bits per heavy atom. The summed E-state index contributed by atoms with van der Waals surface area (Å²) in [4.78, 5) is 40.0. The number of hydrogen-bond donors (Lipinski definition) is 1. The minimum Gasteiger partial charge on any atom is -0.588 e. The Kier molecular flexibility index (Phi) is 7.74. The van der Waals surface area contributed by atoms with Crippen LogP contribution in [-0.2, 0) is 16.2 Å². The first-order valence-electron chi connectivity index (χ1n) is 13.4. The first-order chi connectivity index (χ1) is 19.0. The molecule has 1 saturated heterocycles. The van der Waals surface area contributed by atoms with Crippen molar-refractivity contribution in [1.82, 2.24) is 19.8 Å². The van der Waals surface area contributed by atoms with Gasteiger partial charge in [-0.2, -0.15) is 9.71 Å². The first kappa shape index (κ1) is 27.9. The molecule has 2 aromatic carbocycles. The van der Waals surface area contributed by atoms with Gasteiger partial charge in [0.25, 0.3) is 11.9 Å². The van der Waals surface area contributed by atoms with E-state index >= 15 is 0 Å². The van der Waals surface area contributed by atoms with Gasteiger partial charge in [0.15, 0.2) is 4.90 Å². The SMILES string of the molecule is Cc1cccc(C)c1-c1cc2nc(n1)N[S+]([O-])c1cccc(c1)C(=O)N1CCN(C(=O)CC(C)(C)C)C[C@H](C1)O2. The molecule has 2 amide bonds. The Bertz CT molecular complexity index is 1420. The van der Waals surface area contributed by atoms with Gasteiger partial charge in [0.1, 0.15) is 17.5 Å². The summed E-state index contributed by atoms with van der Waals surface area (Å²) in [6.07, 6.45) is -0.141. The van der Waals surface area contributed by atoms with Gasteiger partial charge < -0.3 is 19.1 Å². The van der Waals surface area contributed by atoms with Crippen molar-refractivity contribution in [2.24, 2.45) is 5.41 Å². The lowest BCUT2D eigenvalue weighted by Crippen LogP contribution is -2.42. The number of benzene rings is 2. The number of aryl methyl sites for hydroxylation is 2. The summed E-state index contributed by atoms with van der Waals surface area (Å²) >= 11 is -1.71. The van der Waals surface area contributed by atoms with Crippen molar-refractivity contribution in [3.63, 3.8) is 0 Å². The van der Waals surface area contributed by atoms with Crippen LogP contribution in [0.5, 0.6) is 5.88 Å². The van der Waals surface area contributed by atoms with Gasteiger partial charge in [0, 0.05) is 42.8 Å². The van der Waals surface area contributed by atoms with Gasteiger partial charge in [-0.3, -0.25) is 9.59 Å². The standard InChI is InChI=1S/C30H35N5O4S/c1-19-8-6-9-20(2)27(19)24-15-25-32-29(31-24)33-40(38)23-11-7-10-21(14-23)28(37)35-13-12-34(17-22(18-35)39-25)26(36)16-30(3,4)5/h6-11,14-15,22H,12-13,16-18H2,1-5H3,(H,31,32,33)/t22-,40?/m1/s1. The molecule has 0 spiro atoms. The Morgan fingerprint density at radius 2 is 1.80 bits per heavy atom. The Labute approximate surface area is 238 Å². The monoisotopic (exact) mass is 561 g/mol. The number of aromatic nitrogens is 2. The highest BCUT2D eigenvalue weighted by Gasteiger charge is 2.32. The quantitative estimate of drug-likeness (QED) is 0.463. The molecule has 9 nitrogen and oxygen atoms in total. The fourth-order valence-corrected chi connectivity index (χ4v) is 5.95. The van der Waals surface area contributed by atoms with Crippen molar-refractivity contribution in [3.05, 3.63) is 65.2 Å². The van der Waals surface area contributed by atoms with Crippen molar-refractivity contribution in [2.75, 3.05) is 30.9 Å². The molecule has 0 aliphatic carbocycles. The molecule has 10 heteroatoms. The van der Waals surface area contributed by atoms with E-state index in [0.29, 0.717) is 42.2 Å². The third-order valence-electron chi connectivity index (χ3n) is 7.02. The van der Waals surface area contributed by atoms with Crippen molar-refractivity contribution >= 4 is 29.1 Å². The minimum atomic E-state index is -1.71. The largest absolute Gasteiger partial charge is 0.588 e. The second-order valence-electron chi connectivity index (χ2n) is 11.6. The van der Waals surface area contributed by atoms with Crippen LogP contribution in [0.4, 0.5) is 5.95 Å². The van der Waals surface area contributed by atoms with Crippen molar-refractivity contribution in [2.45, 2.75) is 52.0 Å². The second kappa shape index (κ2) is 11.1. The number of fused-ring (bicyclic) bond motifs is 6. The number of rotatable bonds is 2. The van der Waals surface area contributed by atoms with Crippen molar-refractivity contribution in [3.8, 4) is 17.1 Å². The summed E-state index contributed by atoms with van der Waals surface area (Å²) in [5.41, 5.74) is 3.89.